The van der Waals surface area contributed by atoms with Gasteiger partial charge in [-0.05, 0) is 38.4 Å². The van der Waals surface area contributed by atoms with Crippen LogP contribution in [0.2, 0.25) is 0 Å². The number of ether oxygens (including phenoxy) is 1. The third-order valence-electron chi connectivity index (χ3n) is 3.79. The van der Waals surface area contributed by atoms with Gasteiger partial charge in [-0.15, -0.1) is 0 Å². The Morgan fingerprint density at radius 2 is 2.24 bits per heavy atom. The van der Waals surface area contributed by atoms with Crippen LogP contribution in [0.1, 0.15) is 38.3 Å². The summed E-state index contributed by atoms with van der Waals surface area (Å²) in [4.78, 5) is 13.9. The quantitative estimate of drug-likeness (QED) is 0.817. The third-order valence-corrected chi connectivity index (χ3v) is 4.28. The Balaban J connectivity index is 2.03. The van der Waals surface area contributed by atoms with Crippen LogP contribution in [0.15, 0.2) is 22.7 Å². The molecule has 21 heavy (non-hydrogen) atoms. The molecular weight excluding hydrogens is 332 g/mol. The zero-order valence-corrected chi connectivity index (χ0v) is 14.4. The molecule has 1 amide bonds. The molecule has 0 bridgehead atoms. The predicted octanol–water partition coefficient (Wildman–Crippen LogP) is 3.12. The Bertz CT molecular complexity index is 503. The number of halogens is 1. The van der Waals surface area contributed by atoms with Gasteiger partial charge in [-0.2, -0.15) is 0 Å². The Kier molecular flexibility index (Phi) is 5.65. The predicted molar refractivity (Wildman–Crippen MR) is 87.5 cm³/mol. The first-order valence-corrected chi connectivity index (χ1v) is 8.23. The van der Waals surface area contributed by atoms with Crippen LogP contribution >= 0.6 is 15.9 Å². The van der Waals surface area contributed by atoms with Crippen molar-refractivity contribution in [3.05, 3.63) is 28.2 Å². The fourth-order valence-corrected chi connectivity index (χ4v) is 2.65. The monoisotopic (exact) mass is 354 g/mol. The molecule has 1 N–H and O–H groups in total. The van der Waals surface area contributed by atoms with Crippen molar-refractivity contribution < 1.29 is 9.53 Å². The van der Waals surface area contributed by atoms with Gasteiger partial charge < -0.3 is 15.0 Å². The lowest BCUT2D eigenvalue weighted by Gasteiger charge is -2.20. The van der Waals surface area contributed by atoms with E-state index in [1.807, 2.05) is 25.2 Å². The number of rotatable bonds is 7. The summed E-state index contributed by atoms with van der Waals surface area (Å²) in [6, 6.07) is 6.56. The lowest BCUT2D eigenvalue weighted by Crippen LogP contribution is -2.33. The zero-order chi connectivity index (χ0) is 15.4. The molecule has 0 heterocycles. The van der Waals surface area contributed by atoms with Crippen LogP contribution in [0.3, 0.4) is 0 Å². The Morgan fingerprint density at radius 3 is 2.86 bits per heavy atom. The van der Waals surface area contributed by atoms with E-state index in [1.54, 1.807) is 4.90 Å². The SMILES string of the molecule is CCNC(C)c1ccc(Br)cc1OCC(=O)N(C)C1CC1. The number of likely N-dealkylation sites (N-methyl/N-ethyl adjacent to an activating group) is 1. The second kappa shape index (κ2) is 7.27. The fraction of sp³-hybridized carbons (Fsp3) is 0.562. The number of benzene rings is 1. The van der Waals surface area contributed by atoms with Gasteiger partial charge in [-0.1, -0.05) is 28.9 Å². The summed E-state index contributed by atoms with van der Waals surface area (Å²) < 4.78 is 6.74. The molecule has 0 radical (unpaired) electrons. The summed E-state index contributed by atoms with van der Waals surface area (Å²) >= 11 is 3.46. The van der Waals surface area contributed by atoms with E-state index in [4.69, 9.17) is 4.74 Å². The maximum absolute atomic E-state index is 12.1. The van der Waals surface area contributed by atoms with E-state index in [1.165, 1.54) is 0 Å². The minimum Gasteiger partial charge on any atom is -0.483 e. The van der Waals surface area contributed by atoms with Crippen LogP contribution in [-0.4, -0.2) is 37.0 Å². The van der Waals surface area contributed by atoms with Crippen molar-refractivity contribution in [3.8, 4) is 5.75 Å². The molecule has 1 fully saturated rings. The lowest BCUT2D eigenvalue weighted by molar-refractivity contribution is -0.132. The Labute approximate surface area is 135 Å². The van der Waals surface area contributed by atoms with Crippen molar-refractivity contribution in [2.24, 2.45) is 0 Å². The molecule has 2 rings (SSSR count). The molecule has 0 spiro atoms. The van der Waals surface area contributed by atoms with Gasteiger partial charge in [0.25, 0.3) is 5.91 Å². The smallest absolute Gasteiger partial charge is 0.260 e. The van der Waals surface area contributed by atoms with Gasteiger partial charge in [0, 0.05) is 29.2 Å². The molecule has 0 aliphatic heterocycles. The standard InChI is InChI=1S/C16H23BrN2O2/c1-4-18-11(2)14-8-5-12(17)9-15(14)21-10-16(20)19(3)13-6-7-13/h5,8-9,11,13,18H,4,6-7,10H2,1-3H3. The molecular formula is C16H23BrN2O2. The van der Waals surface area contributed by atoms with Crippen LogP contribution in [0.4, 0.5) is 0 Å². The van der Waals surface area contributed by atoms with Crippen molar-refractivity contribution in [3.63, 3.8) is 0 Å². The minimum atomic E-state index is 0.0412. The van der Waals surface area contributed by atoms with Crippen LogP contribution in [0.5, 0.6) is 5.75 Å². The molecule has 0 aromatic heterocycles. The topological polar surface area (TPSA) is 41.6 Å². The highest BCUT2D eigenvalue weighted by Crippen LogP contribution is 2.29. The van der Waals surface area contributed by atoms with E-state index < -0.39 is 0 Å². The van der Waals surface area contributed by atoms with E-state index in [0.717, 1.165) is 35.2 Å². The average molecular weight is 355 g/mol. The fourth-order valence-electron chi connectivity index (χ4n) is 2.31. The molecule has 1 aliphatic rings. The van der Waals surface area contributed by atoms with Crippen LogP contribution in [-0.2, 0) is 4.79 Å². The van der Waals surface area contributed by atoms with Crippen LogP contribution < -0.4 is 10.1 Å². The van der Waals surface area contributed by atoms with Gasteiger partial charge in [-0.25, -0.2) is 0 Å². The molecule has 0 saturated heterocycles. The van der Waals surface area contributed by atoms with Crippen molar-refractivity contribution in [1.82, 2.24) is 10.2 Å². The summed E-state index contributed by atoms with van der Waals surface area (Å²) in [7, 11) is 1.85. The van der Waals surface area contributed by atoms with Gasteiger partial charge in [0.2, 0.25) is 0 Å². The van der Waals surface area contributed by atoms with Gasteiger partial charge >= 0.3 is 0 Å². The van der Waals surface area contributed by atoms with E-state index in [-0.39, 0.29) is 18.6 Å². The summed E-state index contributed by atoms with van der Waals surface area (Å²) in [6.07, 6.45) is 2.23. The van der Waals surface area contributed by atoms with E-state index in [9.17, 15) is 4.79 Å². The average Bonchev–Trinajstić information content (AvgIpc) is 3.28. The third kappa shape index (κ3) is 4.45. The second-order valence-electron chi connectivity index (χ2n) is 5.49. The molecule has 1 unspecified atom stereocenters. The number of carbonyl (C=O) groups excluding carboxylic acids is 1. The highest BCUT2D eigenvalue weighted by Gasteiger charge is 2.29. The van der Waals surface area contributed by atoms with Crippen molar-refractivity contribution in [1.29, 1.82) is 0 Å². The normalized spacial score (nSPS) is 15.6. The van der Waals surface area contributed by atoms with Crippen LogP contribution in [0, 0.1) is 0 Å². The van der Waals surface area contributed by atoms with Gasteiger partial charge in [0.1, 0.15) is 5.75 Å². The number of amides is 1. The number of nitrogens with one attached hydrogen (secondary N) is 1. The van der Waals surface area contributed by atoms with E-state index in [0.29, 0.717) is 6.04 Å². The van der Waals surface area contributed by atoms with Crippen molar-refractivity contribution in [2.45, 2.75) is 38.8 Å². The molecule has 1 atom stereocenters. The summed E-state index contributed by atoms with van der Waals surface area (Å²) in [5, 5.41) is 3.37. The largest absolute Gasteiger partial charge is 0.483 e. The first-order chi connectivity index (χ1) is 10.0. The molecule has 1 aliphatic carbocycles. The Morgan fingerprint density at radius 1 is 1.52 bits per heavy atom. The lowest BCUT2D eigenvalue weighted by atomic mass is 10.1. The maximum Gasteiger partial charge on any atom is 0.260 e. The molecule has 1 aromatic rings. The number of hydrogen-bond acceptors (Lipinski definition) is 3. The molecule has 1 aromatic carbocycles. The molecule has 4 nitrogen and oxygen atoms in total. The summed E-state index contributed by atoms with van der Waals surface area (Å²) in [5.74, 6) is 0.801. The molecule has 5 heteroatoms. The highest BCUT2D eigenvalue weighted by molar-refractivity contribution is 9.10. The number of hydrogen-bond donors (Lipinski definition) is 1. The minimum absolute atomic E-state index is 0.0412. The highest BCUT2D eigenvalue weighted by atomic mass is 79.9. The van der Waals surface area contributed by atoms with E-state index >= 15 is 0 Å². The van der Waals surface area contributed by atoms with Crippen molar-refractivity contribution >= 4 is 21.8 Å². The van der Waals surface area contributed by atoms with Gasteiger partial charge in [-0.3, -0.25) is 4.79 Å². The van der Waals surface area contributed by atoms with Crippen LogP contribution in [0.25, 0.3) is 0 Å². The first kappa shape index (κ1) is 16.3. The number of carbonyl (C=O) groups is 1. The number of nitrogens with zero attached hydrogens (tertiary/aromatic N) is 1. The summed E-state index contributed by atoms with van der Waals surface area (Å²) in [5.41, 5.74) is 1.07. The van der Waals surface area contributed by atoms with Gasteiger partial charge in [0.15, 0.2) is 6.61 Å². The Hall–Kier alpha value is -1.07. The molecule has 116 valence electrons. The summed E-state index contributed by atoms with van der Waals surface area (Å²) in [6.45, 7) is 5.15. The van der Waals surface area contributed by atoms with Crippen molar-refractivity contribution in [2.75, 3.05) is 20.2 Å². The molecule has 1 saturated carbocycles. The second-order valence-corrected chi connectivity index (χ2v) is 6.40. The zero-order valence-electron chi connectivity index (χ0n) is 12.9. The van der Waals surface area contributed by atoms with Gasteiger partial charge in [0.05, 0.1) is 0 Å². The van der Waals surface area contributed by atoms with E-state index in [2.05, 4.69) is 35.1 Å². The maximum atomic E-state index is 12.1. The first-order valence-electron chi connectivity index (χ1n) is 7.44.